The van der Waals surface area contributed by atoms with Gasteiger partial charge in [0.2, 0.25) is 10.0 Å². The van der Waals surface area contributed by atoms with Gasteiger partial charge >= 0.3 is 5.97 Å². The van der Waals surface area contributed by atoms with Crippen LogP contribution in [0.2, 0.25) is 0 Å². The number of hydrogen-bond acceptors (Lipinski definition) is 5. The Hall–Kier alpha value is -1.44. The molecule has 0 amide bonds. The molecule has 5 unspecified atom stereocenters. The molecule has 1 aromatic rings. The van der Waals surface area contributed by atoms with E-state index in [0.717, 1.165) is 12.0 Å². The first-order valence-electron chi connectivity index (χ1n) is 7.80. The van der Waals surface area contributed by atoms with Crippen LogP contribution in [0.15, 0.2) is 24.3 Å². The summed E-state index contributed by atoms with van der Waals surface area (Å²) >= 11 is 0. The van der Waals surface area contributed by atoms with Crippen LogP contribution in [0.1, 0.15) is 28.8 Å². The third kappa shape index (κ3) is 2.29. The van der Waals surface area contributed by atoms with Gasteiger partial charge in [0.25, 0.3) is 0 Å². The highest BCUT2D eigenvalue weighted by atomic mass is 32.2. The molecule has 1 saturated heterocycles. The van der Waals surface area contributed by atoms with E-state index in [4.69, 9.17) is 9.47 Å². The SMILES string of the molecule is COC(=O)c1ccccc1COC1C2CC3C1NS(=O)(=O)C3C2. The van der Waals surface area contributed by atoms with Gasteiger partial charge in [-0.3, -0.25) is 0 Å². The van der Waals surface area contributed by atoms with Crippen LogP contribution in [-0.4, -0.2) is 38.9 Å². The zero-order valence-electron chi connectivity index (χ0n) is 12.8. The number of carbonyl (C=O) groups is 1. The molecule has 0 spiro atoms. The minimum atomic E-state index is -3.18. The lowest BCUT2D eigenvalue weighted by Crippen LogP contribution is -2.40. The number of esters is 1. The largest absolute Gasteiger partial charge is 0.465 e. The first-order valence-corrected chi connectivity index (χ1v) is 9.35. The van der Waals surface area contributed by atoms with Crippen molar-refractivity contribution in [3.05, 3.63) is 35.4 Å². The average molecular weight is 337 g/mol. The van der Waals surface area contributed by atoms with Gasteiger partial charge in [-0.15, -0.1) is 0 Å². The molecule has 0 aromatic heterocycles. The molecule has 7 heteroatoms. The van der Waals surface area contributed by atoms with E-state index in [1.807, 2.05) is 12.1 Å². The van der Waals surface area contributed by atoms with Gasteiger partial charge in [-0.25, -0.2) is 17.9 Å². The quantitative estimate of drug-likeness (QED) is 0.831. The lowest BCUT2D eigenvalue weighted by Gasteiger charge is -2.26. The zero-order chi connectivity index (χ0) is 16.2. The molecule has 2 aliphatic carbocycles. The highest BCUT2D eigenvalue weighted by molar-refractivity contribution is 7.90. The minimum Gasteiger partial charge on any atom is -0.465 e. The summed E-state index contributed by atoms with van der Waals surface area (Å²) < 4.78 is 37.7. The first kappa shape index (κ1) is 15.1. The van der Waals surface area contributed by atoms with Crippen LogP contribution >= 0.6 is 0 Å². The standard InChI is InChI=1S/C16H19NO5S/c1-21-16(18)11-5-3-2-4-9(11)8-22-15-10-6-12-13(7-10)23(19,20)17-14(12)15/h2-5,10,12-15,17H,6-8H2,1H3. The predicted molar refractivity (Wildman–Crippen MR) is 82.2 cm³/mol. The van der Waals surface area contributed by atoms with E-state index in [-0.39, 0.29) is 35.8 Å². The molecule has 1 aromatic carbocycles. The molecule has 0 radical (unpaired) electrons. The molecular formula is C16H19NO5S. The topological polar surface area (TPSA) is 81.7 Å². The molecule has 6 nitrogen and oxygen atoms in total. The molecule has 124 valence electrons. The molecule has 1 aliphatic heterocycles. The van der Waals surface area contributed by atoms with Crippen molar-refractivity contribution in [2.75, 3.05) is 7.11 Å². The number of sulfonamides is 1. The summed E-state index contributed by atoms with van der Waals surface area (Å²) in [6.45, 7) is 0.280. The van der Waals surface area contributed by atoms with E-state index >= 15 is 0 Å². The summed E-state index contributed by atoms with van der Waals surface area (Å²) in [6, 6.07) is 7.05. The van der Waals surface area contributed by atoms with Crippen molar-refractivity contribution in [1.29, 1.82) is 0 Å². The summed E-state index contributed by atoms with van der Waals surface area (Å²) in [7, 11) is -1.83. The fourth-order valence-corrected chi connectivity index (χ4v) is 6.53. The Balaban J connectivity index is 1.50. The van der Waals surface area contributed by atoms with Crippen molar-refractivity contribution in [3.8, 4) is 0 Å². The fraction of sp³-hybridized carbons (Fsp3) is 0.562. The van der Waals surface area contributed by atoms with E-state index in [1.165, 1.54) is 7.11 Å². The third-order valence-corrected chi connectivity index (χ3v) is 7.36. The summed E-state index contributed by atoms with van der Waals surface area (Å²) in [5.74, 6) is 0.0645. The Kier molecular flexibility index (Phi) is 3.48. The first-order chi connectivity index (χ1) is 11.0. The Morgan fingerprint density at radius 1 is 1.30 bits per heavy atom. The maximum Gasteiger partial charge on any atom is 0.338 e. The van der Waals surface area contributed by atoms with Crippen molar-refractivity contribution in [2.24, 2.45) is 11.8 Å². The number of nitrogens with one attached hydrogen (secondary N) is 1. The van der Waals surface area contributed by atoms with Crippen molar-refractivity contribution in [2.45, 2.75) is 36.8 Å². The van der Waals surface area contributed by atoms with Gasteiger partial charge in [-0.2, -0.15) is 0 Å². The second-order valence-corrected chi connectivity index (χ2v) is 8.48. The number of carbonyl (C=O) groups excluding carboxylic acids is 1. The number of benzene rings is 1. The number of hydrogen-bond donors (Lipinski definition) is 1. The number of ether oxygens (including phenoxy) is 2. The van der Waals surface area contributed by atoms with E-state index in [2.05, 4.69) is 4.72 Å². The Bertz CT molecular complexity index is 747. The van der Waals surface area contributed by atoms with Crippen LogP contribution in [0.3, 0.4) is 0 Å². The number of fused-ring (bicyclic) bond motifs is 1. The Morgan fingerprint density at radius 2 is 2.09 bits per heavy atom. The van der Waals surface area contributed by atoms with Gasteiger partial charge < -0.3 is 9.47 Å². The fourth-order valence-electron chi connectivity index (χ4n) is 4.42. The van der Waals surface area contributed by atoms with Crippen LogP contribution in [-0.2, 0) is 26.1 Å². The monoisotopic (exact) mass is 337 g/mol. The van der Waals surface area contributed by atoms with Gasteiger partial charge in [0, 0.05) is 0 Å². The average Bonchev–Trinajstić information content (AvgIpc) is 3.15. The van der Waals surface area contributed by atoms with E-state index < -0.39 is 16.0 Å². The highest BCUT2D eigenvalue weighted by Gasteiger charge is 2.62. The molecule has 23 heavy (non-hydrogen) atoms. The normalized spacial score (nSPS) is 36.3. The van der Waals surface area contributed by atoms with Gasteiger partial charge in [-0.1, -0.05) is 18.2 Å². The van der Waals surface area contributed by atoms with Crippen LogP contribution in [0.4, 0.5) is 0 Å². The predicted octanol–water partition coefficient (Wildman–Crippen LogP) is 1.07. The van der Waals surface area contributed by atoms with Gasteiger partial charge in [0.05, 0.1) is 36.7 Å². The summed E-state index contributed by atoms with van der Waals surface area (Å²) in [5, 5.41) is -0.236. The summed E-state index contributed by atoms with van der Waals surface area (Å²) in [4.78, 5) is 11.8. The van der Waals surface area contributed by atoms with Crippen molar-refractivity contribution in [3.63, 3.8) is 0 Å². The van der Waals surface area contributed by atoms with Crippen LogP contribution < -0.4 is 4.72 Å². The molecule has 2 saturated carbocycles. The number of rotatable bonds is 4. The minimum absolute atomic E-state index is 0.112. The smallest absolute Gasteiger partial charge is 0.338 e. The molecule has 1 heterocycles. The van der Waals surface area contributed by atoms with E-state index in [1.54, 1.807) is 12.1 Å². The highest BCUT2D eigenvalue weighted by Crippen LogP contribution is 2.52. The zero-order valence-corrected chi connectivity index (χ0v) is 13.6. The maximum atomic E-state index is 12.1. The maximum absolute atomic E-state index is 12.1. The molecule has 5 atom stereocenters. The van der Waals surface area contributed by atoms with Gasteiger partial charge in [-0.05, 0) is 36.3 Å². The second kappa shape index (κ2) is 5.29. The number of methoxy groups -OCH3 is 1. The second-order valence-electron chi connectivity index (χ2n) is 6.55. The van der Waals surface area contributed by atoms with Crippen LogP contribution in [0.25, 0.3) is 0 Å². The van der Waals surface area contributed by atoms with E-state index in [9.17, 15) is 13.2 Å². The van der Waals surface area contributed by atoms with Gasteiger partial charge in [0.1, 0.15) is 0 Å². The summed E-state index contributed by atoms with van der Waals surface area (Å²) in [6.07, 6.45) is 1.48. The van der Waals surface area contributed by atoms with E-state index in [0.29, 0.717) is 12.0 Å². The van der Waals surface area contributed by atoms with Crippen molar-refractivity contribution in [1.82, 2.24) is 4.72 Å². The molecule has 4 rings (SSSR count). The van der Waals surface area contributed by atoms with Crippen molar-refractivity contribution < 1.29 is 22.7 Å². The summed E-state index contributed by atoms with van der Waals surface area (Å²) in [5.41, 5.74) is 1.25. The van der Waals surface area contributed by atoms with Gasteiger partial charge in [0.15, 0.2) is 0 Å². The lowest BCUT2D eigenvalue weighted by molar-refractivity contribution is -0.00565. The molecule has 2 bridgehead atoms. The molecule has 3 fully saturated rings. The molecule has 1 N–H and O–H groups in total. The molecule has 3 aliphatic rings. The lowest BCUT2D eigenvalue weighted by atomic mass is 9.93. The Labute approximate surface area is 135 Å². The Morgan fingerprint density at radius 3 is 2.87 bits per heavy atom. The molecular weight excluding hydrogens is 318 g/mol. The van der Waals surface area contributed by atoms with Crippen LogP contribution in [0.5, 0.6) is 0 Å². The van der Waals surface area contributed by atoms with Crippen molar-refractivity contribution >= 4 is 16.0 Å². The van der Waals surface area contributed by atoms with Crippen LogP contribution in [0, 0.1) is 11.8 Å². The third-order valence-electron chi connectivity index (χ3n) is 5.42.